The molecule has 0 radical (unpaired) electrons. The molecular formula is C17H24N4O2. The summed E-state index contributed by atoms with van der Waals surface area (Å²) in [6, 6.07) is 3.69. The van der Waals surface area contributed by atoms with Gasteiger partial charge in [-0.3, -0.25) is 0 Å². The van der Waals surface area contributed by atoms with Gasteiger partial charge >= 0.3 is 0 Å². The van der Waals surface area contributed by atoms with Crippen LogP contribution in [-0.2, 0) is 11.2 Å². The first-order valence-electron chi connectivity index (χ1n) is 8.38. The van der Waals surface area contributed by atoms with Crippen LogP contribution in [0.15, 0.2) is 17.3 Å². The van der Waals surface area contributed by atoms with E-state index in [1.54, 1.807) is 6.07 Å². The predicted octanol–water partition coefficient (Wildman–Crippen LogP) is 2.33. The molecule has 2 heterocycles. The summed E-state index contributed by atoms with van der Waals surface area (Å²) in [4.78, 5) is 26.3. The summed E-state index contributed by atoms with van der Waals surface area (Å²) >= 11 is 0. The number of nitrogens with zero attached hydrogens (tertiary/aromatic N) is 3. The fourth-order valence-corrected chi connectivity index (χ4v) is 3.60. The minimum atomic E-state index is 0.284. The Labute approximate surface area is 136 Å². The van der Waals surface area contributed by atoms with Crippen molar-refractivity contribution >= 4 is 23.3 Å². The SMILES string of the molecule is Nc1c(N=O)cc(CCC=O)cc1N1CC(CN2CCCC2)C1. The Bertz CT molecular complexity index is 578. The smallest absolute Gasteiger partial charge is 0.133 e. The van der Waals surface area contributed by atoms with Gasteiger partial charge in [0.2, 0.25) is 0 Å². The number of rotatable bonds is 7. The molecule has 3 rings (SSSR count). The zero-order valence-corrected chi connectivity index (χ0v) is 13.4. The summed E-state index contributed by atoms with van der Waals surface area (Å²) in [5, 5.41) is 3.04. The molecule has 2 aliphatic heterocycles. The Kier molecular flexibility index (Phi) is 4.91. The van der Waals surface area contributed by atoms with Gasteiger partial charge < -0.3 is 20.3 Å². The minimum absolute atomic E-state index is 0.284. The Morgan fingerprint density at radius 3 is 2.65 bits per heavy atom. The van der Waals surface area contributed by atoms with Crippen LogP contribution in [0.1, 0.15) is 24.8 Å². The highest BCUT2D eigenvalue weighted by Crippen LogP contribution is 2.38. The van der Waals surface area contributed by atoms with Crippen LogP contribution in [0.25, 0.3) is 0 Å². The molecule has 2 aliphatic rings. The van der Waals surface area contributed by atoms with Crippen molar-refractivity contribution in [1.29, 1.82) is 0 Å². The monoisotopic (exact) mass is 316 g/mol. The number of hydrogen-bond acceptors (Lipinski definition) is 6. The maximum absolute atomic E-state index is 11.0. The molecule has 2 N–H and O–H groups in total. The number of likely N-dealkylation sites (tertiary alicyclic amines) is 1. The average molecular weight is 316 g/mol. The van der Waals surface area contributed by atoms with Crippen LogP contribution < -0.4 is 10.6 Å². The zero-order valence-electron chi connectivity index (χ0n) is 13.4. The maximum atomic E-state index is 11.0. The lowest BCUT2D eigenvalue weighted by Gasteiger charge is -2.43. The molecule has 0 bridgehead atoms. The fraction of sp³-hybridized carbons (Fsp3) is 0.588. The van der Waals surface area contributed by atoms with E-state index in [0.717, 1.165) is 37.2 Å². The maximum Gasteiger partial charge on any atom is 0.133 e. The number of benzene rings is 1. The van der Waals surface area contributed by atoms with E-state index in [-0.39, 0.29) is 5.69 Å². The van der Waals surface area contributed by atoms with Gasteiger partial charge in [-0.15, -0.1) is 4.91 Å². The second-order valence-electron chi connectivity index (χ2n) is 6.62. The van der Waals surface area contributed by atoms with Crippen molar-refractivity contribution in [2.75, 3.05) is 43.4 Å². The molecule has 1 aromatic carbocycles. The molecular weight excluding hydrogens is 292 g/mol. The van der Waals surface area contributed by atoms with Crippen LogP contribution in [0.3, 0.4) is 0 Å². The molecule has 0 aliphatic carbocycles. The molecule has 6 nitrogen and oxygen atoms in total. The molecule has 6 heteroatoms. The Morgan fingerprint density at radius 1 is 1.26 bits per heavy atom. The molecule has 0 saturated carbocycles. The van der Waals surface area contributed by atoms with Crippen LogP contribution in [0.4, 0.5) is 17.1 Å². The topological polar surface area (TPSA) is 79.0 Å². The van der Waals surface area contributed by atoms with E-state index in [1.165, 1.54) is 25.9 Å². The summed E-state index contributed by atoms with van der Waals surface area (Å²) in [6.07, 6.45) is 4.58. The highest BCUT2D eigenvalue weighted by atomic mass is 16.3. The number of anilines is 2. The first kappa shape index (κ1) is 15.9. The summed E-state index contributed by atoms with van der Waals surface area (Å²) < 4.78 is 0. The lowest BCUT2D eigenvalue weighted by molar-refractivity contribution is -0.107. The first-order valence-corrected chi connectivity index (χ1v) is 8.38. The fourth-order valence-electron chi connectivity index (χ4n) is 3.60. The van der Waals surface area contributed by atoms with Crippen LogP contribution >= 0.6 is 0 Å². The number of carbonyl (C=O) groups is 1. The van der Waals surface area contributed by atoms with Crippen LogP contribution in [0, 0.1) is 10.8 Å². The highest BCUT2D eigenvalue weighted by molar-refractivity contribution is 5.81. The van der Waals surface area contributed by atoms with Crippen molar-refractivity contribution in [2.45, 2.75) is 25.7 Å². The van der Waals surface area contributed by atoms with Gasteiger partial charge in [0.05, 0.1) is 11.4 Å². The zero-order chi connectivity index (χ0) is 16.2. The van der Waals surface area contributed by atoms with Crippen LogP contribution in [0.2, 0.25) is 0 Å². The molecule has 2 saturated heterocycles. The Balaban J connectivity index is 1.67. The van der Waals surface area contributed by atoms with E-state index < -0.39 is 0 Å². The molecule has 0 aromatic heterocycles. The second-order valence-corrected chi connectivity index (χ2v) is 6.62. The predicted molar refractivity (Wildman–Crippen MR) is 92.1 cm³/mol. The Hall–Kier alpha value is -1.95. The summed E-state index contributed by atoms with van der Waals surface area (Å²) in [5.41, 5.74) is 8.67. The minimum Gasteiger partial charge on any atom is -0.395 e. The average Bonchev–Trinajstić information content (AvgIpc) is 3.03. The molecule has 2 fully saturated rings. The van der Waals surface area contributed by atoms with Gasteiger partial charge in [0.25, 0.3) is 0 Å². The molecule has 0 atom stereocenters. The number of nitrogen functional groups attached to an aromatic ring is 1. The number of carbonyl (C=O) groups excluding carboxylic acids is 1. The lowest BCUT2D eigenvalue weighted by Crippen LogP contribution is -2.51. The van der Waals surface area contributed by atoms with Gasteiger partial charge in [0.15, 0.2) is 0 Å². The molecule has 23 heavy (non-hydrogen) atoms. The summed E-state index contributed by atoms with van der Waals surface area (Å²) in [5.74, 6) is 0.666. The van der Waals surface area contributed by atoms with E-state index in [4.69, 9.17) is 5.73 Å². The van der Waals surface area contributed by atoms with Crippen LogP contribution in [-0.4, -0.2) is 43.9 Å². The normalized spacial score (nSPS) is 18.9. The van der Waals surface area contributed by atoms with Gasteiger partial charge in [0, 0.05) is 32.0 Å². The van der Waals surface area contributed by atoms with Gasteiger partial charge in [-0.25, -0.2) is 0 Å². The molecule has 0 spiro atoms. The third-order valence-corrected chi connectivity index (χ3v) is 4.86. The first-order chi connectivity index (χ1) is 11.2. The van der Waals surface area contributed by atoms with Gasteiger partial charge in [-0.2, -0.15) is 0 Å². The lowest BCUT2D eigenvalue weighted by atomic mass is 9.96. The number of nitrogens with two attached hydrogens (primary N) is 1. The second kappa shape index (κ2) is 7.08. The molecule has 0 unspecified atom stereocenters. The standard InChI is InChI=1S/C17H24N4O2/c18-17-15(19-23)8-13(4-3-7-22)9-16(17)21-11-14(12-21)10-20-5-1-2-6-20/h7-9,14H,1-6,10-12,18H2. The molecule has 124 valence electrons. The van der Waals surface area contributed by atoms with E-state index in [9.17, 15) is 9.70 Å². The van der Waals surface area contributed by atoms with Crippen molar-refractivity contribution < 1.29 is 4.79 Å². The molecule has 0 amide bonds. The van der Waals surface area contributed by atoms with E-state index in [0.29, 0.717) is 24.4 Å². The highest BCUT2D eigenvalue weighted by Gasteiger charge is 2.31. The van der Waals surface area contributed by atoms with Crippen molar-refractivity contribution in [3.8, 4) is 0 Å². The van der Waals surface area contributed by atoms with Gasteiger partial charge in [-0.1, -0.05) is 0 Å². The van der Waals surface area contributed by atoms with E-state index >= 15 is 0 Å². The number of nitroso groups, excluding NO2 is 1. The number of aryl methyl sites for hydroxylation is 1. The van der Waals surface area contributed by atoms with Crippen LogP contribution in [0.5, 0.6) is 0 Å². The number of hydrogen-bond donors (Lipinski definition) is 1. The van der Waals surface area contributed by atoms with Crippen molar-refractivity contribution in [3.63, 3.8) is 0 Å². The third kappa shape index (κ3) is 3.52. The van der Waals surface area contributed by atoms with E-state index in [1.807, 2.05) is 6.07 Å². The quantitative estimate of drug-likeness (QED) is 0.474. The van der Waals surface area contributed by atoms with E-state index in [2.05, 4.69) is 15.0 Å². The number of aldehydes is 1. The van der Waals surface area contributed by atoms with Gasteiger partial charge in [0.1, 0.15) is 12.0 Å². The van der Waals surface area contributed by atoms with Gasteiger partial charge in [-0.05, 0) is 55.2 Å². The van der Waals surface area contributed by atoms with Crippen molar-refractivity contribution in [3.05, 3.63) is 22.6 Å². The largest absolute Gasteiger partial charge is 0.395 e. The Morgan fingerprint density at radius 2 is 2.00 bits per heavy atom. The summed E-state index contributed by atoms with van der Waals surface area (Å²) in [7, 11) is 0. The third-order valence-electron chi connectivity index (χ3n) is 4.86. The summed E-state index contributed by atoms with van der Waals surface area (Å²) in [6.45, 7) is 5.53. The van der Waals surface area contributed by atoms with Crippen molar-refractivity contribution in [2.24, 2.45) is 11.1 Å². The molecule has 1 aromatic rings. The van der Waals surface area contributed by atoms with Crippen molar-refractivity contribution in [1.82, 2.24) is 4.90 Å².